The van der Waals surface area contributed by atoms with Crippen molar-refractivity contribution in [3.05, 3.63) is 24.0 Å². The minimum atomic E-state index is -0.519. The average Bonchev–Trinajstić information content (AvgIpc) is 3.22. The Morgan fingerprint density at radius 1 is 1.18 bits per heavy atom. The Kier molecular flexibility index (Phi) is 7.76. The van der Waals surface area contributed by atoms with Crippen LogP contribution in [-0.4, -0.2) is 62.7 Å². The van der Waals surface area contributed by atoms with Crippen LogP contribution >= 0.6 is 0 Å². The van der Waals surface area contributed by atoms with Crippen LogP contribution in [0.4, 0.5) is 15.8 Å². The second-order valence-electron chi connectivity index (χ2n) is 7.39. The SMILES string of the molecule is O=C(CCC1CCNC1)Nc1ccc(F)c(NC(=O)CCN2CCOCC2)c1. The van der Waals surface area contributed by atoms with Crippen LogP contribution in [-0.2, 0) is 14.3 Å². The number of carbonyl (C=O) groups excluding carboxylic acids is 2. The predicted molar refractivity (Wildman–Crippen MR) is 106 cm³/mol. The standard InChI is InChI=1S/C20H29FN4O3/c21-17-3-2-16(23-19(26)4-1-15-5-7-22-14-15)13-18(17)24-20(27)6-8-25-9-11-28-12-10-25/h2-3,13,15,22H,1,4-12,14H2,(H,23,26)(H,24,27). The lowest BCUT2D eigenvalue weighted by Crippen LogP contribution is -2.38. The van der Waals surface area contributed by atoms with Gasteiger partial charge < -0.3 is 20.7 Å². The van der Waals surface area contributed by atoms with Gasteiger partial charge in [-0.2, -0.15) is 0 Å². The third kappa shape index (κ3) is 6.54. The maximum absolute atomic E-state index is 14.1. The highest BCUT2D eigenvalue weighted by Gasteiger charge is 2.16. The summed E-state index contributed by atoms with van der Waals surface area (Å²) >= 11 is 0. The number of hydrogen-bond donors (Lipinski definition) is 3. The highest BCUT2D eigenvalue weighted by Crippen LogP contribution is 2.21. The number of ether oxygens (including phenoxy) is 1. The smallest absolute Gasteiger partial charge is 0.225 e. The summed E-state index contributed by atoms with van der Waals surface area (Å²) < 4.78 is 19.3. The molecule has 28 heavy (non-hydrogen) atoms. The Morgan fingerprint density at radius 2 is 1.96 bits per heavy atom. The number of morpholine rings is 1. The number of hydrogen-bond acceptors (Lipinski definition) is 5. The van der Waals surface area contributed by atoms with Crippen molar-refractivity contribution >= 4 is 23.2 Å². The van der Waals surface area contributed by atoms with Gasteiger partial charge in [0, 0.05) is 38.2 Å². The summed E-state index contributed by atoms with van der Waals surface area (Å²) in [4.78, 5) is 26.4. The van der Waals surface area contributed by atoms with E-state index in [1.807, 2.05) is 0 Å². The number of nitrogens with zero attached hydrogens (tertiary/aromatic N) is 1. The summed E-state index contributed by atoms with van der Waals surface area (Å²) in [6, 6.07) is 4.23. The number of carbonyl (C=O) groups is 2. The minimum absolute atomic E-state index is 0.0878. The fourth-order valence-corrected chi connectivity index (χ4v) is 3.52. The van der Waals surface area contributed by atoms with E-state index in [-0.39, 0.29) is 23.9 Å². The molecule has 1 atom stereocenters. The van der Waals surface area contributed by atoms with Crippen LogP contribution in [0.1, 0.15) is 25.7 Å². The summed E-state index contributed by atoms with van der Waals surface area (Å²) in [6.45, 7) is 5.55. The second kappa shape index (κ2) is 10.5. The van der Waals surface area contributed by atoms with E-state index in [2.05, 4.69) is 20.9 Å². The summed E-state index contributed by atoms with van der Waals surface area (Å²) in [5, 5.41) is 8.69. The Labute approximate surface area is 165 Å². The van der Waals surface area contributed by atoms with Gasteiger partial charge in [0.2, 0.25) is 11.8 Å². The molecule has 7 nitrogen and oxygen atoms in total. The monoisotopic (exact) mass is 392 g/mol. The molecule has 0 aromatic heterocycles. The second-order valence-corrected chi connectivity index (χ2v) is 7.39. The maximum Gasteiger partial charge on any atom is 0.225 e. The molecule has 2 aliphatic heterocycles. The summed E-state index contributed by atoms with van der Waals surface area (Å²) in [5.74, 6) is -0.319. The minimum Gasteiger partial charge on any atom is -0.379 e. The van der Waals surface area contributed by atoms with Crippen molar-refractivity contribution in [2.75, 3.05) is 56.6 Å². The first kappa shape index (κ1) is 20.7. The number of halogens is 1. The highest BCUT2D eigenvalue weighted by atomic mass is 19.1. The van der Waals surface area contributed by atoms with E-state index in [4.69, 9.17) is 4.74 Å². The topological polar surface area (TPSA) is 82.7 Å². The molecule has 2 fully saturated rings. The quantitative estimate of drug-likeness (QED) is 0.629. The van der Waals surface area contributed by atoms with Gasteiger partial charge in [0.05, 0.1) is 18.9 Å². The van der Waals surface area contributed by atoms with Crippen molar-refractivity contribution in [1.29, 1.82) is 0 Å². The van der Waals surface area contributed by atoms with Crippen molar-refractivity contribution < 1.29 is 18.7 Å². The largest absolute Gasteiger partial charge is 0.379 e. The molecule has 0 aliphatic carbocycles. The predicted octanol–water partition coefficient (Wildman–Crippen LogP) is 1.81. The molecule has 0 saturated carbocycles. The fourth-order valence-electron chi connectivity index (χ4n) is 3.52. The van der Waals surface area contributed by atoms with Gasteiger partial charge in [-0.1, -0.05) is 0 Å². The van der Waals surface area contributed by atoms with Gasteiger partial charge in [-0.3, -0.25) is 14.5 Å². The van der Waals surface area contributed by atoms with Gasteiger partial charge >= 0.3 is 0 Å². The molecule has 2 heterocycles. The number of anilines is 2. The number of rotatable bonds is 8. The van der Waals surface area contributed by atoms with Crippen LogP contribution in [0.5, 0.6) is 0 Å². The van der Waals surface area contributed by atoms with E-state index in [0.717, 1.165) is 39.0 Å². The third-order valence-electron chi connectivity index (χ3n) is 5.23. The van der Waals surface area contributed by atoms with Gasteiger partial charge in [-0.25, -0.2) is 4.39 Å². The van der Waals surface area contributed by atoms with Crippen molar-refractivity contribution in [3.63, 3.8) is 0 Å². The van der Waals surface area contributed by atoms with E-state index in [1.54, 1.807) is 0 Å². The van der Waals surface area contributed by atoms with Crippen LogP contribution in [0.25, 0.3) is 0 Å². The molecule has 1 unspecified atom stereocenters. The third-order valence-corrected chi connectivity index (χ3v) is 5.23. The van der Waals surface area contributed by atoms with Crippen LogP contribution in [0.2, 0.25) is 0 Å². The first-order chi connectivity index (χ1) is 13.6. The maximum atomic E-state index is 14.1. The number of nitrogens with one attached hydrogen (secondary N) is 3. The summed E-state index contributed by atoms with van der Waals surface area (Å²) in [7, 11) is 0. The van der Waals surface area contributed by atoms with Crippen molar-refractivity contribution in [3.8, 4) is 0 Å². The lowest BCUT2D eigenvalue weighted by atomic mass is 10.0. The molecule has 1 aromatic rings. The zero-order valence-corrected chi connectivity index (χ0v) is 16.1. The zero-order chi connectivity index (χ0) is 19.8. The van der Waals surface area contributed by atoms with Crippen molar-refractivity contribution in [2.45, 2.75) is 25.7 Å². The van der Waals surface area contributed by atoms with Gasteiger partial charge in [0.1, 0.15) is 5.82 Å². The average molecular weight is 392 g/mol. The first-order valence-electron chi connectivity index (χ1n) is 10.0. The van der Waals surface area contributed by atoms with Gasteiger partial charge in [-0.15, -0.1) is 0 Å². The van der Waals surface area contributed by atoms with Crippen LogP contribution < -0.4 is 16.0 Å². The highest BCUT2D eigenvalue weighted by molar-refractivity contribution is 5.94. The van der Waals surface area contributed by atoms with Gasteiger partial charge in [0.25, 0.3) is 0 Å². The molecule has 8 heteroatoms. The molecule has 3 rings (SSSR count). The Hall–Kier alpha value is -2.03. The molecule has 3 N–H and O–H groups in total. The summed E-state index contributed by atoms with van der Waals surface area (Å²) in [5.41, 5.74) is 0.573. The lowest BCUT2D eigenvalue weighted by molar-refractivity contribution is -0.117. The van der Waals surface area contributed by atoms with E-state index in [0.29, 0.717) is 37.8 Å². The molecule has 0 bridgehead atoms. The van der Waals surface area contributed by atoms with Crippen molar-refractivity contribution in [1.82, 2.24) is 10.2 Å². The van der Waals surface area contributed by atoms with Gasteiger partial charge in [0.15, 0.2) is 0 Å². The Morgan fingerprint density at radius 3 is 2.71 bits per heavy atom. The van der Waals surface area contributed by atoms with E-state index >= 15 is 0 Å². The van der Waals surface area contributed by atoms with Gasteiger partial charge in [-0.05, 0) is 50.0 Å². The lowest BCUT2D eigenvalue weighted by Gasteiger charge is -2.26. The fraction of sp³-hybridized carbons (Fsp3) is 0.600. The number of amides is 2. The van der Waals surface area contributed by atoms with Crippen LogP contribution in [0, 0.1) is 11.7 Å². The van der Waals surface area contributed by atoms with E-state index in [1.165, 1.54) is 18.2 Å². The van der Waals surface area contributed by atoms with Crippen LogP contribution in [0.3, 0.4) is 0 Å². The van der Waals surface area contributed by atoms with E-state index in [9.17, 15) is 14.0 Å². The van der Waals surface area contributed by atoms with Crippen molar-refractivity contribution in [2.24, 2.45) is 5.92 Å². The molecular formula is C20H29FN4O3. The molecule has 2 saturated heterocycles. The summed E-state index contributed by atoms with van der Waals surface area (Å²) in [6.07, 6.45) is 2.66. The zero-order valence-electron chi connectivity index (χ0n) is 16.1. The number of benzene rings is 1. The molecular weight excluding hydrogens is 363 g/mol. The molecule has 0 spiro atoms. The first-order valence-corrected chi connectivity index (χ1v) is 10.0. The molecule has 1 aromatic carbocycles. The Bertz CT molecular complexity index is 673. The normalized spacial score (nSPS) is 20.1. The van der Waals surface area contributed by atoms with Crippen LogP contribution in [0.15, 0.2) is 18.2 Å². The molecule has 2 aliphatic rings. The Balaban J connectivity index is 1.46. The van der Waals surface area contributed by atoms with E-state index < -0.39 is 5.82 Å². The molecule has 2 amide bonds. The molecule has 154 valence electrons. The molecule has 0 radical (unpaired) electrons.